The predicted molar refractivity (Wildman–Crippen MR) is 70.8 cm³/mol. The molecule has 0 aliphatic carbocycles. The molecule has 6 heteroatoms. The van der Waals surface area contributed by atoms with Gasteiger partial charge in [0.05, 0.1) is 10.9 Å². The number of alkyl halides is 4. The Morgan fingerprint density at radius 3 is 2.70 bits per heavy atom. The summed E-state index contributed by atoms with van der Waals surface area (Å²) < 4.78 is 37.9. The first-order valence-electron chi connectivity index (χ1n) is 6.39. The van der Waals surface area contributed by atoms with Gasteiger partial charge in [0, 0.05) is 18.7 Å². The molecule has 20 heavy (non-hydrogen) atoms. The van der Waals surface area contributed by atoms with Crippen molar-refractivity contribution in [1.29, 1.82) is 0 Å². The van der Waals surface area contributed by atoms with Crippen LogP contribution in [0.15, 0.2) is 24.3 Å². The molecule has 1 aromatic carbocycles. The minimum atomic E-state index is -4.44. The number of hydrogen-bond donors (Lipinski definition) is 0. The van der Waals surface area contributed by atoms with Gasteiger partial charge in [-0.3, -0.25) is 4.79 Å². The fraction of sp³-hybridized carbons (Fsp3) is 0.500. The van der Waals surface area contributed by atoms with Crippen LogP contribution in [-0.2, 0) is 6.18 Å². The molecule has 2 rings (SSSR count). The van der Waals surface area contributed by atoms with Crippen molar-refractivity contribution in [2.45, 2.75) is 24.9 Å². The first-order chi connectivity index (χ1) is 9.29. The third-order valence-corrected chi connectivity index (χ3v) is 4.16. The Kier molecular flexibility index (Phi) is 4.28. The molecule has 1 aromatic rings. The monoisotopic (exact) mass is 305 g/mol. The molecule has 2 nitrogen and oxygen atoms in total. The summed E-state index contributed by atoms with van der Waals surface area (Å²) in [5.74, 6) is -0.0872. The second-order valence-electron chi connectivity index (χ2n) is 5.11. The number of carbonyl (C=O) groups excluding carboxylic acids is 1. The number of likely N-dealkylation sites (tertiary alicyclic amines) is 1. The molecule has 1 aliphatic heterocycles. The van der Waals surface area contributed by atoms with Crippen molar-refractivity contribution in [3.63, 3.8) is 0 Å². The number of rotatable bonds is 1. The molecule has 2 unspecified atom stereocenters. The number of halogens is 4. The lowest BCUT2D eigenvalue weighted by atomic mass is 9.98. The number of hydrogen-bond acceptors (Lipinski definition) is 1. The van der Waals surface area contributed by atoms with Crippen LogP contribution in [0, 0.1) is 5.92 Å². The molecule has 0 saturated carbocycles. The summed E-state index contributed by atoms with van der Waals surface area (Å²) in [5, 5.41) is -0.154. The minimum Gasteiger partial charge on any atom is -0.337 e. The normalized spacial score (nSPS) is 23.8. The highest BCUT2D eigenvalue weighted by Gasteiger charge is 2.32. The molecule has 1 heterocycles. The van der Waals surface area contributed by atoms with E-state index in [0.29, 0.717) is 19.0 Å². The highest BCUT2D eigenvalue weighted by Crippen LogP contribution is 2.30. The summed E-state index contributed by atoms with van der Waals surface area (Å²) in [6.45, 7) is 2.90. The van der Waals surface area contributed by atoms with E-state index in [1.54, 1.807) is 0 Å². The molecule has 110 valence electrons. The van der Waals surface area contributed by atoms with E-state index in [1.807, 2.05) is 6.92 Å². The van der Waals surface area contributed by atoms with Gasteiger partial charge in [-0.25, -0.2) is 0 Å². The second-order valence-corrected chi connectivity index (χ2v) is 5.67. The van der Waals surface area contributed by atoms with Crippen molar-refractivity contribution in [2.24, 2.45) is 5.92 Å². The minimum absolute atomic E-state index is 0.0539. The predicted octanol–water partition coefficient (Wildman–Crippen LogP) is 3.79. The average Bonchev–Trinajstić information content (AvgIpc) is 2.40. The van der Waals surface area contributed by atoms with Gasteiger partial charge in [-0.05, 0) is 30.5 Å². The first kappa shape index (κ1) is 15.2. The van der Waals surface area contributed by atoms with E-state index in [2.05, 4.69) is 0 Å². The van der Waals surface area contributed by atoms with E-state index in [-0.39, 0.29) is 10.9 Å². The van der Waals surface area contributed by atoms with Crippen molar-refractivity contribution in [2.75, 3.05) is 13.1 Å². The number of nitrogens with zero attached hydrogens (tertiary/aromatic N) is 1. The van der Waals surface area contributed by atoms with Crippen LogP contribution >= 0.6 is 11.6 Å². The Morgan fingerprint density at radius 2 is 2.10 bits per heavy atom. The summed E-state index contributed by atoms with van der Waals surface area (Å²) in [6, 6.07) is 4.50. The average molecular weight is 306 g/mol. The zero-order chi connectivity index (χ0) is 14.9. The maximum absolute atomic E-state index is 12.6. The molecule has 1 aliphatic rings. The van der Waals surface area contributed by atoms with Crippen molar-refractivity contribution < 1.29 is 18.0 Å². The van der Waals surface area contributed by atoms with E-state index in [4.69, 9.17) is 11.6 Å². The van der Waals surface area contributed by atoms with Gasteiger partial charge in [0.25, 0.3) is 5.91 Å². The van der Waals surface area contributed by atoms with Gasteiger partial charge in [-0.1, -0.05) is 13.0 Å². The van der Waals surface area contributed by atoms with Gasteiger partial charge in [0.2, 0.25) is 0 Å². The van der Waals surface area contributed by atoms with Gasteiger partial charge in [0.15, 0.2) is 0 Å². The highest BCUT2D eigenvalue weighted by molar-refractivity contribution is 6.21. The number of amides is 1. The van der Waals surface area contributed by atoms with Crippen LogP contribution < -0.4 is 0 Å². The van der Waals surface area contributed by atoms with Crippen molar-refractivity contribution in [3.05, 3.63) is 35.4 Å². The molecule has 0 radical (unpaired) electrons. The molecule has 1 saturated heterocycles. The standard InChI is InChI=1S/C14H15ClF3NO/c1-9-5-6-19(8-12(9)15)13(20)10-3-2-4-11(7-10)14(16,17)18/h2-4,7,9,12H,5-6,8H2,1H3. The molecule has 2 atom stereocenters. The molecule has 1 amide bonds. The van der Waals surface area contributed by atoms with E-state index < -0.39 is 17.6 Å². The van der Waals surface area contributed by atoms with Crippen LogP contribution in [0.2, 0.25) is 0 Å². The van der Waals surface area contributed by atoms with E-state index >= 15 is 0 Å². The third-order valence-electron chi connectivity index (χ3n) is 3.59. The fourth-order valence-electron chi connectivity index (χ4n) is 2.22. The van der Waals surface area contributed by atoms with Crippen LogP contribution in [0.4, 0.5) is 13.2 Å². The largest absolute Gasteiger partial charge is 0.416 e. The van der Waals surface area contributed by atoms with Crippen LogP contribution in [0.5, 0.6) is 0 Å². The van der Waals surface area contributed by atoms with Crippen molar-refractivity contribution in [1.82, 2.24) is 4.90 Å². The summed E-state index contributed by atoms with van der Waals surface area (Å²) in [7, 11) is 0. The fourth-order valence-corrected chi connectivity index (χ4v) is 2.51. The van der Waals surface area contributed by atoms with Crippen LogP contribution in [0.3, 0.4) is 0 Å². The third kappa shape index (κ3) is 3.26. The van der Waals surface area contributed by atoms with E-state index in [0.717, 1.165) is 18.6 Å². The molecule has 0 bridgehead atoms. The maximum Gasteiger partial charge on any atom is 0.416 e. The summed E-state index contributed by atoms with van der Waals surface area (Å²) >= 11 is 6.12. The molecular weight excluding hydrogens is 291 g/mol. The molecule has 0 aromatic heterocycles. The SMILES string of the molecule is CC1CCN(C(=O)c2cccc(C(F)(F)F)c2)CC1Cl. The van der Waals surface area contributed by atoms with E-state index in [9.17, 15) is 18.0 Å². The van der Waals surface area contributed by atoms with Gasteiger partial charge < -0.3 is 4.90 Å². The Labute approximate surface area is 120 Å². The zero-order valence-electron chi connectivity index (χ0n) is 11.0. The Hall–Kier alpha value is -1.23. The summed E-state index contributed by atoms with van der Waals surface area (Å²) in [4.78, 5) is 13.8. The lowest BCUT2D eigenvalue weighted by Crippen LogP contribution is -2.43. The quantitative estimate of drug-likeness (QED) is 0.723. The van der Waals surface area contributed by atoms with Gasteiger partial charge in [-0.15, -0.1) is 11.6 Å². The Bertz CT molecular complexity index is 503. The van der Waals surface area contributed by atoms with Gasteiger partial charge >= 0.3 is 6.18 Å². The molecular formula is C14H15ClF3NO. The second kappa shape index (κ2) is 5.64. The van der Waals surface area contributed by atoms with Crippen molar-refractivity contribution >= 4 is 17.5 Å². The lowest BCUT2D eigenvalue weighted by molar-refractivity contribution is -0.137. The molecule has 1 fully saturated rings. The molecule has 0 N–H and O–H groups in total. The maximum atomic E-state index is 12.6. The zero-order valence-corrected chi connectivity index (χ0v) is 11.7. The van der Waals surface area contributed by atoms with Crippen LogP contribution in [-0.4, -0.2) is 29.3 Å². The molecule has 0 spiro atoms. The Morgan fingerprint density at radius 1 is 1.40 bits per heavy atom. The van der Waals surface area contributed by atoms with Crippen molar-refractivity contribution in [3.8, 4) is 0 Å². The van der Waals surface area contributed by atoms with Gasteiger partial charge in [0.1, 0.15) is 0 Å². The smallest absolute Gasteiger partial charge is 0.337 e. The topological polar surface area (TPSA) is 20.3 Å². The number of benzene rings is 1. The van der Waals surface area contributed by atoms with Crippen LogP contribution in [0.1, 0.15) is 29.3 Å². The summed E-state index contributed by atoms with van der Waals surface area (Å²) in [5.41, 5.74) is -0.755. The Balaban J connectivity index is 2.17. The first-order valence-corrected chi connectivity index (χ1v) is 6.83. The van der Waals surface area contributed by atoms with Gasteiger partial charge in [-0.2, -0.15) is 13.2 Å². The van der Waals surface area contributed by atoms with E-state index in [1.165, 1.54) is 17.0 Å². The van der Waals surface area contributed by atoms with Crippen LogP contribution in [0.25, 0.3) is 0 Å². The lowest BCUT2D eigenvalue weighted by Gasteiger charge is -2.34. The number of piperidine rings is 1. The highest BCUT2D eigenvalue weighted by atomic mass is 35.5. The summed E-state index contributed by atoms with van der Waals surface area (Å²) in [6.07, 6.45) is -3.68. The number of carbonyl (C=O) groups is 1.